The molecule has 8 heteroatoms. The minimum atomic E-state index is -0.348. The van der Waals surface area contributed by atoms with E-state index in [0.717, 1.165) is 35.8 Å². The highest BCUT2D eigenvalue weighted by Crippen LogP contribution is 2.27. The molecule has 7 nitrogen and oxygen atoms in total. The Bertz CT molecular complexity index is 1210. The number of anilines is 1. The molecule has 2 aromatic heterocycles. The van der Waals surface area contributed by atoms with Crippen LogP contribution in [-0.4, -0.2) is 41.2 Å². The molecule has 0 bridgehead atoms. The Hall–Kier alpha value is -3.78. The topological polar surface area (TPSA) is 65.8 Å². The molecule has 0 amide bonds. The SMILES string of the molecule is COC(=O)c1ccccc1-n1ccc(N2CC(Oc3ccc(COc4ccsn4)cc3)C2)c1. The second kappa shape index (κ2) is 9.38. The van der Waals surface area contributed by atoms with Crippen LogP contribution in [0.5, 0.6) is 11.6 Å². The number of nitrogens with zero attached hydrogens (tertiary/aromatic N) is 3. The standard InChI is InChI=1S/C25H23N3O4S/c1-30-25(29)22-4-2-3-5-23(22)27-12-10-19(14-27)28-15-21(16-28)32-20-8-6-18(7-9-20)17-31-24-11-13-33-26-24/h2-14,21H,15-17H2,1H3. The van der Waals surface area contributed by atoms with Gasteiger partial charge in [-0.25, -0.2) is 4.79 Å². The van der Waals surface area contributed by atoms with Gasteiger partial charge in [0.15, 0.2) is 0 Å². The maximum Gasteiger partial charge on any atom is 0.339 e. The molecular formula is C25H23N3O4S. The average Bonchev–Trinajstić information content (AvgIpc) is 3.52. The minimum absolute atomic E-state index is 0.132. The van der Waals surface area contributed by atoms with Crippen LogP contribution in [0.1, 0.15) is 15.9 Å². The molecule has 0 saturated carbocycles. The molecule has 1 saturated heterocycles. The van der Waals surface area contributed by atoms with Gasteiger partial charge in [-0.3, -0.25) is 0 Å². The molecule has 1 aliphatic rings. The fourth-order valence-corrected chi connectivity index (χ4v) is 4.17. The van der Waals surface area contributed by atoms with E-state index in [-0.39, 0.29) is 12.1 Å². The number of benzene rings is 2. The van der Waals surface area contributed by atoms with Gasteiger partial charge < -0.3 is 23.7 Å². The van der Waals surface area contributed by atoms with Crippen molar-refractivity contribution in [3.8, 4) is 17.3 Å². The zero-order chi connectivity index (χ0) is 22.6. The van der Waals surface area contributed by atoms with Crippen molar-refractivity contribution < 1.29 is 19.0 Å². The summed E-state index contributed by atoms with van der Waals surface area (Å²) in [5.74, 6) is 1.15. The Morgan fingerprint density at radius 3 is 2.67 bits per heavy atom. The summed E-state index contributed by atoms with van der Waals surface area (Å²) >= 11 is 1.38. The van der Waals surface area contributed by atoms with Crippen molar-refractivity contribution in [1.82, 2.24) is 8.94 Å². The number of rotatable bonds is 8. The number of esters is 1. The third kappa shape index (κ3) is 4.70. The van der Waals surface area contributed by atoms with E-state index in [1.54, 1.807) is 6.07 Å². The lowest BCUT2D eigenvalue weighted by atomic mass is 10.1. The average molecular weight is 462 g/mol. The number of methoxy groups -OCH3 is 1. The summed E-state index contributed by atoms with van der Waals surface area (Å²) in [6.07, 6.45) is 4.11. The second-order valence-corrected chi connectivity index (χ2v) is 8.37. The maximum absolute atomic E-state index is 12.1. The minimum Gasteiger partial charge on any atom is -0.487 e. The van der Waals surface area contributed by atoms with Crippen LogP contribution >= 0.6 is 11.5 Å². The van der Waals surface area contributed by atoms with Gasteiger partial charge >= 0.3 is 5.97 Å². The predicted molar refractivity (Wildman–Crippen MR) is 127 cm³/mol. The Balaban J connectivity index is 1.15. The van der Waals surface area contributed by atoms with Crippen molar-refractivity contribution in [3.05, 3.63) is 89.6 Å². The largest absolute Gasteiger partial charge is 0.487 e. The summed E-state index contributed by atoms with van der Waals surface area (Å²) in [5.41, 5.74) is 3.48. The Morgan fingerprint density at radius 1 is 1.09 bits per heavy atom. The number of para-hydroxylation sites is 1. The molecule has 2 aromatic carbocycles. The lowest BCUT2D eigenvalue weighted by Gasteiger charge is -2.40. The van der Waals surface area contributed by atoms with Gasteiger partial charge in [-0.2, -0.15) is 4.37 Å². The molecule has 0 spiro atoms. The van der Waals surface area contributed by atoms with Gasteiger partial charge in [-0.1, -0.05) is 24.3 Å². The first-order valence-corrected chi connectivity index (χ1v) is 11.4. The number of ether oxygens (including phenoxy) is 3. The van der Waals surface area contributed by atoms with Crippen LogP contribution in [0.3, 0.4) is 0 Å². The third-order valence-corrected chi connectivity index (χ3v) is 6.05. The van der Waals surface area contributed by atoms with E-state index < -0.39 is 0 Å². The van der Waals surface area contributed by atoms with E-state index in [9.17, 15) is 4.79 Å². The highest BCUT2D eigenvalue weighted by molar-refractivity contribution is 7.03. The summed E-state index contributed by atoms with van der Waals surface area (Å²) in [5, 5.41) is 1.89. The van der Waals surface area contributed by atoms with Gasteiger partial charge in [0, 0.05) is 23.8 Å². The van der Waals surface area contributed by atoms with Gasteiger partial charge in [0.1, 0.15) is 18.5 Å². The van der Waals surface area contributed by atoms with E-state index in [2.05, 4.69) is 9.27 Å². The van der Waals surface area contributed by atoms with Gasteiger partial charge in [0.05, 0.1) is 37.1 Å². The van der Waals surface area contributed by atoms with Crippen LogP contribution in [0.15, 0.2) is 78.4 Å². The lowest BCUT2D eigenvalue weighted by Crippen LogP contribution is -2.53. The van der Waals surface area contributed by atoms with Crippen molar-refractivity contribution in [3.63, 3.8) is 0 Å². The van der Waals surface area contributed by atoms with Crippen molar-refractivity contribution in [2.75, 3.05) is 25.1 Å². The van der Waals surface area contributed by atoms with E-state index in [0.29, 0.717) is 18.1 Å². The highest BCUT2D eigenvalue weighted by Gasteiger charge is 2.29. The third-order valence-electron chi connectivity index (χ3n) is 5.50. The predicted octanol–water partition coefficient (Wildman–Crippen LogP) is 4.57. The Kier molecular flexibility index (Phi) is 5.99. The molecule has 3 heterocycles. The van der Waals surface area contributed by atoms with Crippen LogP contribution in [-0.2, 0) is 11.3 Å². The first kappa shape index (κ1) is 21.1. The van der Waals surface area contributed by atoms with Crippen LogP contribution in [0.2, 0.25) is 0 Å². The number of hydrogen-bond acceptors (Lipinski definition) is 7. The molecule has 1 fully saturated rings. The normalized spacial score (nSPS) is 13.4. The fraction of sp³-hybridized carbons (Fsp3) is 0.200. The molecule has 0 unspecified atom stereocenters. The number of carbonyl (C=O) groups excluding carboxylic acids is 1. The molecule has 1 aliphatic heterocycles. The maximum atomic E-state index is 12.1. The molecular weight excluding hydrogens is 438 g/mol. The Labute approximate surface area is 195 Å². The summed E-state index contributed by atoms with van der Waals surface area (Å²) < 4.78 is 22.7. The summed E-state index contributed by atoms with van der Waals surface area (Å²) in [6, 6.07) is 19.3. The van der Waals surface area contributed by atoms with Gasteiger partial charge in [0.2, 0.25) is 5.88 Å². The van der Waals surface area contributed by atoms with Crippen LogP contribution in [0.25, 0.3) is 5.69 Å². The van der Waals surface area contributed by atoms with Crippen molar-refractivity contribution >= 4 is 23.2 Å². The van der Waals surface area contributed by atoms with Crippen LogP contribution in [0.4, 0.5) is 5.69 Å². The monoisotopic (exact) mass is 461 g/mol. The summed E-state index contributed by atoms with van der Waals surface area (Å²) in [6.45, 7) is 2.09. The van der Waals surface area contributed by atoms with Crippen molar-refractivity contribution in [1.29, 1.82) is 0 Å². The molecule has 168 valence electrons. The van der Waals surface area contributed by atoms with E-state index in [1.807, 2.05) is 76.9 Å². The van der Waals surface area contributed by atoms with Gasteiger partial charge in [-0.05, 0) is 47.4 Å². The highest BCUT2D eigenvalue weighted by atomic mass is 32.1. The smallest absolute Gasteiger partial charge is 0.339 e. The molecule has 0 radical (unpaired) electrons. The van der Waals surface area contributed by atoms with Gasteiger partial charge in [-0.15, -0.1) is 0 Å². The number of hydrogen-bond donors (Lipinski definition) is 0. The second-order valence-electron chi connectivity index (χ2n) is 7.70. The van der Waals surface area contributed by atoms with E-state index in [4.69, 9.17) is 14.2 Å². The van der Waals surface area contributed by atoms with Gasteiger partial charge in [0.25, 0.3) is 0 Å². The molecule has 0 atom stereocenters. The zero-order valence-corrected chi connectivity index (χ0v) is 18.9. The van der Waals surface area contributed by atoms with Crippen LogP contribution in [0, 0.1) is 0 Å². The fourth-order valence-electron chi connectivity index (χ4n) is 3.72. The summed E-state index contributed by atoms with van der Waals surface area (Å²) in [4.78, 5) is 14.3. The molecule has 0 N–H and O–H groups in total. The van der Waals surface area contributed by atoms with E-state index in [1.165, 1.54) is 18.6 Å². The summed E-state index contributed by atoms with van der Waals surface area (Å²) in [7, 11) is 1.39. The Morgan fingerprint density at radius 2 is 1.91 bits per heavy atom. The van der Waals surface area contributed by atoms with Crippen molar-refractivity contribution in [2.24, 2.45) is 0 Å². The molecule has 33 heavy (non-hydrogen) atoms. The molecule has 4 aromatic rings. The molecule has 5 rings (SSSR count). The first-order chi connectivity index (χ1) is 16.2. The number of carbonyl (C=O) groups is 1. The lowest BCUT2D eigenvalue weighted by molar-refractivity contribution is 0.0600. The molecule has 0 aliphatic carbocycles. The van der Waals surface area contributed by atoms with Crippen molar-refractivity contribution in [2.45, 2.75) is 12.7 Å². The number of aromatic nitrogens is 2. The van der Waals surface area contributed by atoms with Crippen LogP contribution < -0.4 is 14.4 Å². The zero-order valence-electron chi connectivity index (χ0n) is 18.1. The quantitative estimate of drug-likeness (QED) is 0.358. The first-order valence-electron chi connectivity index (χ1n) is 10.6. The van der Waals surface area contributed by atoms with E-state index >= 15 is 0 Å².